The zero-order chi connectivity index (χ0) is 19.7. The van der Waals surface area contributed by atoms with Gasteiger partial charge in [-0.2, -0.15) is 8.42 Å². The molecule has 1 N–H and O–H groups in total. The average Bonchev–Trinajstić information content (AvgIpc) is 2.62. The standard InChI is InChI=1S/C21H28O5S.K/c1-2-3-4-5-6-7-8-10-19-20(22)11-9-12-21(19)26-17-13-15-18(16-14-17)27(23,24)25;/h9,11-16,22H,2-8,10H2,1H3,(H,23,24,25);/q;+1/p-1. The van der Waals surface area contributed by atoms with Crippen molar-refractivity contribution in [2.75, 3.05) is 0 Å². The summed E-state index contributed by atoms with van der Waals surface area (Å²) in [4.78, 5) is -0.198. The summed E-state index contributed by atoms with van der Waals surface area (Å²) in [5.41, 5.74) is 0.643. The Kier molecular flexibility index (Phi) is 11.9. The predicted octanol–water partition coefficient (Wildman–Crippen LogP) is 2.10. The first kappa shape index (κ1) is 25.6. The summed E-state index contributed by atoms with van der Waals surface area (Å²) < 4.78 is 37.0. The molecule has 0 bridgehead atoms. The molecule has 7 heteroatoms. The van der Waals surface area contributed by atoms with Gasteiger partial charge in [-0.05, 0) is 48.7 Å². The molecule has 0 aromatic heterocycles. The monoisotopic (exact) mass is 430 g/mol. The molecule has 0 saturated carbocycles. The van der Waals surface area contributed by atoms with Crippen molar-refractivity contribution in [3.8, 4) is 17.2 Å². The molecule has 0 spiro atoms. The molecule has 0 aliphatic rings. The third-order valence-corrected chi connectivity index (χ3v) is 5.34. The molecule has 5 nitrogen and oxygen atoms in total. The Hall–Kier alpha value is -0.414. The van der Waals surface area contributed by atoms with Crippen molar-refractivity contribution in [1.29, 1.82) is 0 Å². The van der Waals surface area contributed by atoms with E-state index in [1.165, 1.54) is 62.4 Å². The third kappa shape index (κ3) is 8.53. The Morgan fingerprint density at radius 2 is 1.54 bits per heavy atom. The largest absolute Gasteiger partial charge is 1.00 e. The number of rotatable bonds is 11. The van der Waals surface area contributed by atoms with Gasteiger partial charge in [0.2, 0.25) is 0 Å². The minimum Gasteiger partial charge on any atom is -0.872 e. The third-order valence-electron chi connectivity index (χ3n) is 4.47. The molecule has 0 unspecified atom stereocenters. The first-order chi connectivity index (χ1) is 12.9. The van der Waals surface area contributed by atoms with Gasteiger partial charge in [0.15, 0.2) is 0 Å². The van der Waals surface area contributed by atoms with Crippen molar-refractivity contribution >= 4 is 10.1 Å². The Morgan fingerprint density at radius 3 is 2.14 bits per heavy atom. The summed E-state index contributed by atoms with van der Waals surface area (Å²) in [7, 11) is -4.24. The summed E-state index contributed by atoms with van der Waals surface area (Å²) >= 11 is 0. The fourth-order valence-electron chi connectivity index (χ4n) is 2.95. The van der Waals surface area contributed by atoms with Crippen molar-refractivity contribution in [2.45, 2.75) is 63.2 Å². The molecule has 0 aliphatic carbocycles. The second-order valence-electron chi connectivity index (χ2n) is 6.65. The van der Waals surface area contributed by atoms with Gasteiger partial charge in [0.1, 0.15) is 11.5 Å². The average molecular weight is 431 g/mol. The molecular weight excluding hydrogens is 403 g/mol. The van der Waals surface area contributed by atoms with Gasteiger partial charge in [-0.15, -0.1) is 5.75 Å². The van der Waals surface area contributed by atoms with Gasteiger partial charge in [-0.25, -0.2) is 0 Å². The summed E-state index contributed by atoms with van der Waals surface area (Å²) in [5, 5.41) is 12.2. The SMILES string of the molecule is CCCCCCCCCc1c([O-])cccc1Oc1ccc(S(=O)(=O)O)cc1.[K+]. The smallest absolute Gasteiger partial charge is 0.872 e. The van der Waals surface area contributed by atoms with Crippen LogP contribution in [0.5, 0.6) is 17.2 Å². The van der Waals surface area contributed by atoms with Crippen LogP contribution in [-0.2, 0) is 16.5 Å². The van der Waals surface area contributed by atoms with E-state index in [0.717, 1.165) is 12.8 Å². The molecule has 28 heavy (non-hydrogen) atoms. The molecule has 0 amide bonds. The van der Waals surface area contributed by atoms with Crippen molar-refractivity contribution in [1.82, 2.24) is 0 Å². The van der Waals surface area contributed by atoms with Gasteiger partial charge in [-0.1, -0.05) is 57.6 Å². The van der Waals surface area contributed by atoms with E-state index in [0.29, 0.717) is 23.5 Å². The van der Waals surface area contributed by atoms with Gasteiger partial charge in [0.25, 0.3) is 10.1 Å². The summed E-state index contributed by atoms with van der Waals surface area (Å²) in [5.74, 6) is 0.856. The van der Waals surface area contributed by atoms with E-state index < -0.39 is 10.1 Å². The summed E-state index contributed by atoms with van der Waals surface area (Å²) in [6.45, 7) is 2.20. The van der Waals surface area contributed by atoms with Gasteiger partial charge in [0.05, 0.1) is 4.90 Å². The maximum Gasteiger partial charge on any atom is 1.00 e. The Bertz CT molecular complexity index is 819. The minimum atomic E-state index is -4.24. The van der Waals surface area contributed by atoms with Gasteiger partial charge in [0, 0.05) is 0 Å². The first-order valence-electron chi connectivity index (χ1n) is 9.46. The zero-order valence-corrected chi connectivity index (χ0v) is 20.6. The fraction of sp³-hybridized carbons (Fsp3) is 0.429. The van der Waals surface area contributed by atoms with Gasteiger partial charge in [-0.3, -0.25) is 4.55 Å². The number of unbranched alkanes of at least 4 members (excludes halogenated alkanes) is 6. The molecule has 0 aliphatic heterocycles. The van der Waals surface area contributed by atoms with Crippen LogP contribution in [0.1, 0.15) is 57.4 Å². The molecule has 0 fully saturated rings. The van der Waals surface area contributed by atoms with Crippen LogP contribution in [0.4, 0.5) is 0 Å². The molecule has 2 rings (SSSR count). The van der Waals surface area contributed by atoms with E-state index in [2.05, 4.69) is 6.92 Å². The molecule has 2 aromatic rings. The van der Waals surface area contributed by atoms with Crippen LogP contribution in [0.2, 0.25) is 0 Å². The number of hydrogen-bond donors (Lipinski definition) is 1. The van der Waals surface area contributed by atoms with E-state index in [9.17, 15) is 13.5 Å². The zero-order valence-electron chi connectivity index (χ0n) is 16.7. The van der Waals surface area contributed by atoms with Crippen molar-refractivity contribution in [3.05, 3.63) is 48.0 Å². The van der Waals surface area contributed by atoms with Crippen molar-refractivity contribution in [3.63, 3.8) is 0 Å². The topological polar surface area (TPSA) is 86.7 Å². The Balaban J connectivity index is 0.00000392. The number of hydrogen-bond acceptors (Lipinski definition) is 4. The van der Waals surface area contributed by atoms with Crippen LogP contribution < -0.4 is 61.2 Å². The van der Waals surface area contributed by atoms with Crippen LogP contribution in [0.25, 0.3) is 0 Å². The maximum absolute atomic E-state index is 12.2. The van der Waals surface area contributed by atoms with E-state index in [4.69, 9.17) is 9.29 Å². The minimum absolute atomic E-state index is 0. The molecule has 2 aromatic carbocycles. The summed E-state index contributed by atoms with van der Waals surface area (Å²) in [6, 6.07) is 10.4. The Morgan fingerprint density at radius 1 is 0.929 bits per heavy atom. The van der Waals surface area contributed by atoms with Gasteiger partial charge < -0.3 is 9.84 Å². The maximum atomic E-state index is 12.2. The Labute approximate surface area is 210 Å². The van der Waals surface area contributed by atoms with E-state index in [1.807, 2.05) is 0 Å². The van der Waals surface area contributed by atoms with Crippen molar-refractivity contribution < 1.29 is 74.2 Å². The summed E-state index contributed by atoms with van der Waals surface area (Å²) in [6.07, 6.45) is 8.86. The van der Waals surface area contributed by atoms with Crippen LogP contribution >= 0.6 is 0 Å². The normalized spacial score (nSPS) is 11.1. The van der Waals surface area contributed by atoms with E-state index in [1.54, 1.807) is 12.1 Å². The fourth-order valence-corrected chi connectivity index (χ4v) is 3.43. The molecule has 0 saturated heterocycles. The van der Waals surface area contributed by atoms with Crippen molar-refractivity contribution in [2.24, 2.45) is 0 Å². The number of benzene rings is 2. The molecule has 0 radical (unpaired) electrons. The van der Waals surface area contributed by atoms with E-state index in [-0.39, 0.29) is 62.0 Å². The van der Waals surface area contributed by atoms with Crippen LogP contribution in [0.15, 0.2) is 47.4 Å². The molecule has 0 atom stereocenters. The molecule has 148 valence electrons. The first-order valence-corrected chi connectivity index (χ1v) is 10.9. The molecular formula is C21H27KO5S. The van der Waals surface area contributed by atoms with Crippen LogP contribution in [0, 0.1) is 0 Å². The van der Waals surface area contributed by atoms with Crippen LogP contribution in [-0.4, -0.2) is 13.0 Å². The van der Waals surface area contributed by atoms with Crippen LogP contribution in [0.3, 0.4) is 0 Å². The quantitative estimate of drug-likeness (QED) is 0.335. The van der Waals surface area contributed by atoms with E-state index >= 15 is 0 Å². The number of ether oxygens (including phenoxy) is 1. The molecule has 0 heterocycles. The second-order valence-corrected chi connectivity index (χ2v) is 8.07. The second kappa shape index (κ2) is 13.0. The predicted molar refractivity (Wildman–Crippen MR) is 104 cm³/mol. The van der Waals surface area contributed by atoms with Gasteiger partial charge >= 0.3 is 51.4 Å².